The number of nitrogens with one attached hydrogen (secondary N) is 1. The summed E-state index contributed by atoms with van der Waals surface area (Å²) < 4.78 is 0. The number of hydrogen-bond donors (Lipinski definition) is 1. The van der Waals surface area contributed by atoms with E-state index in [1.165, 1.54) is 19.3 Å². The van der Waals surface area contributed by atoms with Gasteiger partial charge in [-0.15, -0.1) is 0 Å². The van der Waals surface area contributed by atoms with Crippen molar-refractivity contribution in [2.24, 2.45) is 23.7 Å². The SMILES string of the molecule is N#Cc1cccc(NC2C3C4CCC(C4)C23)n1. The number of anilines is 1. The van der Waals surface area contributed by atoms with Crippen molar-refractivity contribution in [1.82, 2.24) is 4.98 Å². The highest BCUT2D eigenvalue weighted by atomic mass is 15.1. The molecule has 3 aliphatic rings. The molecule has 0 amide bonds. The van der Waals surface area contributed by atoms with Gasteiger partial charge in [0.05, 0.1) is 0 Å². The van der Waals surface area contributed by atoms with Gasteiger partial charge in [-0.05, 0) is 55.1 Å². The van der Waals surface area contributed by atoms with Crippen LogP contribution in [0, 0.1) is 35.0 Å². The van der Waals surface area contributed by atoms with Crippen LogP contribution in [0.5, 0.6) is 0 Å². The Morgan fingerprint density at radius 1 is 1.24 bits per heavy atom. The highest BCUT2D eigenvalue weighted by Gasteiger charge is 2.65. The molecule has 2 bridgehead atoms. The molecular formula is C14H15N3. The van der Waals surface area contributed by atoms with E-state index in [-0.39, 0.29) is 0 Å². The lowest BCUT2D eigenvalue weighted by molar-refractivity contribution is 0.456. The second-order valence-corrected chi connectivity index (χ2v) is 5.68. The summed E-state index contributed by atoms with van der Waals surface area (Å²) in [5.74, 6) is 4.63. The Kier molecular flexibility index (Phi) is 1.80. The molecule has 4 atom stereocenters. The average molecular weight is 225 g/mol. The Labute approximate surface area is 101 Å². The van der Waals surface area contributed by atoms with E-state index in [1.807, 2.05) is 12.1 Å². The largest absolute Gasteiger partial charge is 0.367 e. The zero-order chi connectivity index (χ0) is 11.4. The summed E-state index contributed by atoms with van der Waals surface area (Å²) in [6.45, 7) is 0. The van der Waals surface area contributed by atoms with E-state index in [9.17, 15) is 0 Å². The van der Waals surface area contributed by atoms with E-state index in [2.05, 4.69) is 16.4 Å². The van der Waals surface area contributed by atoms with Crippen molar-refractivity contribution < 1.29 is 0 Å². The topological polar surface area (TPSA) is 48.7 Å². The summed E-state index contributed by atoms with van der Waals surface area (Å²) in [5.41, 5.74) is 0.504. The molecule has 3 fully saturated rings. The number of nitrogens with zero attached hydrogens (tertiary/aromatic N) is 2. The molecule has 0 saturated heterocycles. The van der Waals surface area contributed by atoms with Gasteiger partial charge in [0, 0.05) is 6.04 Å². The van der Waals surface area contributed by atoms with Crippen molar-refractivity contribution in [1.29, 1.82) is 5.26 Å². The summed E-state index contributed by atoms with van der Waals surface area (Å²) >= 11 is 0. The van der Waals surface area contributed by atoms with Gasteiger partial charge in [0.15, 0.2) is 0 Å². The Morgan fingerprint density at radius 2 is 2.00 bits per heavy atom. The molecule has 17 heavy (non-hydrogen) atoms. The molecule has 0 aliphatic heterocycles. The number of hydrogen-bond acceptors (Lipinski definition) is 3. The first kappa shape index (κ1) is 9.47. The third-order valence-electron chi connectivity index (χ3n) is 4.91. The fourth-order valence-electron chi connectivity index (χ4n) is 4.27. The van der Waals surface area contributed by atoms with Crippen molar-refractivity contribution in [2.45, 2.75) is 25.3 Å². The average Bonchev–Trinajstić information content (AvgIpc) is 2.76. The third kappa shape index (κ3) is 1.30. The van der Waals surface area contributed by atoms with Crippen LogP contribution < -0.4 is 5.32 Å². The van der Waals surface area contributed by atoms with E-state index in [0.717, 1.165) is 29.5 Å². The Hall–Kier alpha value is -1.56. The van der Waals surface area contributed by atoms with Crippen LogP contribution in [0.4, 0.5) is 5.82 Å². The molecule has 0 aromatic carbocycles. The maximum absolute atomic E-state index is 8.83. The van der Waals surface area contributed by atoms with Crippen molar-refractivity contribution in [3.63, 3.8) is 0 Å². The fraction of sp³-hybridized carbons (Fsp3) is 0.571. The van der Waals surface area contributed by atoms with Crippen LogP contribution in [-0.4, -0.2) is 11.0 Å². The van der Waals surface area contributed by atoms with E-state index in [4.69, 9.17) is 5.26 Å². The maximum Gasteiger partial charge on any atom is 0.142 e. The predicted octanol–water partition coefficient (Wildman–Crippen LogP) is 2.41. The molecule has 4 rings (SSSR count). The van der Waals surface area contributed by atoms with E-state index in [1.54, 1.807) is 6.07 Å². The van der Waals surface area contributed by atoms with Crippen molar-refractivity contribution in [2.75, 3.05) is 5.32 Å². The quantitative estimate of drug-likeness (QED) is 0.840. The second kappa shape index (κ2) is 3.22. The molecule has 0 radical (unpaired) electrons. The molecule has 3 heteroatoms. The van der Waals surface area contributed by atoms with Crippen molar-refractivity contribution in [3.05, 3.63) is 23.9 Å². The number of pyridine rings is 1. The fourth-order valence-corrected chi connectivity index (χ4v) is 4.27. The number of aromatic nitrogens is 1. The monoisotopic (exact) mass is 225 g/mol. The Bertz CT molecular complexity index is 488. The Morgan fingerprint density at radius 3 is 2.71 bits per heavy atom. The first-order valence-corrected chi connectivity index (χ1v) is 6.50. The normalized spacial score (nSPS) is 40.8. The molecular weight excluding hydrogens is 210 g/mol. The van der Waals surface area contributed by atoms with Gasteiger partial charge in [0.1, 0.15) is 17.6 Å². The standard InChI is InChI=1S/C14H15N3/c15-7-10-2-1-3-11(16-10)17-14-12-8-4-5-9(6-8)13(12)14/h1-3,8-9,12-14H,4-6H2,(H,16,17). The first-order chi connectivity index (χ1) is 8.36. The highest BCUT2D eigenvalue weighted by Crippen LogP contribution is 2.66. The molecule has 1 aromatic rings. The van der Waals surface area contributed by atoms with Crippen LogP contribution in [0.3, 0.4) is 0 Å². The highest BCUT2D eigenvalue weighted by molar-refractivity contribution is 5.42. The molecule has 3 nitrogen and oxygen atoms in total. The van der Waals surface area contributed by atoms with Crippen LogP contribution in [0.25, 0.3) is 0 Å². The number of nitriles is 1. The van der Waals surface area contributed by atoms with Crippen LogP contribution in [0.1, 0.15) is 25.0 Å². The smallest absolute Gasteiger partial charge is 0.142 e. The predicted molar refractivity (Wildman–Crippen MR) is 64.2 cm³/mol. The summed E-state index contributed by atoms with van der Waals surface area (Å²) in [7, 11) is 0. The van der Waals surface area contributed by atoms with Crippen molar-refractivity contribution >= 4 is 5.82 Å². The van der Waals surface area contributed by atoms with Gasteiger partial charge in [0.2, 0.25) is 0 Å². The van der Waals surface area contributed by atoms with Gasteiger partial charge < -0.3 is 5.32 Å². The lowest BCUT2D eigenvalue weighted by Gasteiger charge is -2.10. The molecule has 3 aliphatic carbocycles. The third-order valence-corrected chi connectivity index (χ3v) is 4.91. The van der Waals surface area contributed by atoms with Gasteiger partial charge in [-0.25, -0.2) is 4.98 Å². The molecule has 0 spiro atoms. The van der Waals surface area contributed by atoms with Gasteiger partial charge in [-0.2, -0.15) is 5.26 Å². The Balaban J connectivity index is 1.51. The van der Waals surface area contributed by atoms with Gasteiger partial charge >= 0.3 is 0 Å². The zero-order valence-corrected chi connectivity index (χ0v) is 9.63. The van der Waals surface area contributed by atoms with E-state index >= 15 is 0 Å². The lowest BCUT2D eigenvalue weighted by atomic mass is 10.0. The molecule has 4 unspecified atom stereocenters. The first-order valence-electron chi connectivity index (χ1n) is 6.50. The minimum atomic E-state index is 0.504. The van der Waals surface area contributed by atoms with Gasteiger partial charge in [-0.3, -0.25) is 0 Å². The van der Waals surface area contributed by atoms with Crippen LogP contribution >= 0.6 is 0 Å². The molecule has 1 N–H and O–H groups in total. The van der Waals surface area contributed by atoms with Crippen LogP contribution in [-0.2, 0) is 0 Å². The summed E-state index contributed by atoms with van der Waals surface area (Å²) in [4.78, 5) is 4.30. The minimum absolute atomic E-state index is 0.504. The van der Waals surface area contributed by atoms with Gasteiger partial charge in [-0.1, -0.05) is 6.07 Å². The van der Waals surface area contributed by atoms with Crippen LogP contribution in [0.2, 0.25) is 0 Å². The maximum atomic E-state index is 8.83. The number of fused-ring (bicyclic) bond motifs is 5. The van der Waals surface area contributed by atoms with E-state index in [0.29, 0.717) is 11.7 Å². The van der Waals surface area contributed by atoms with Crippen molar-refractivity contribution in [3.8, 4) is 6.07 Å². The second-order valence-electron chi connectivity index (χ2n) is 5.68. The molecule has 3 saturated carbocycles. The molecule has 1 heterocycles. The summed E-state index contributed by atoms with van der Waals surface area (Å²) in [6.07, 6.45) is 4.35. The van der Waals surface area contributed by atoms with Crippen LogP contribution in [0.15, 0.2) is 18.2 Å². The summed E-state index contributed by atoms with van der Waals surface area (Å²) in [6, 6.07) is 8.36. The minimum Gasteiger partial charge on any atom is -0.367 e. The lowest BCUT2D eigenvalue weighted by Crippen LogP contribution is -2.13. The van der Waals surface area contributed by atoms with E-state index < -0.39 is 0 Å². The van der Waals surface area contributed by atoms with Gasteiger partial charge in [0.25, 0.3) is 0 Å². The molecule has 86 valence electrons. The molecule has 1 aromatic heterocycles. The number of rotatable bonds is 2. The summed E-state index contributed by atoms with van der Waals surface area (Å²) in [5, 5.41) is 12.4. The zero-order valence-electron chi connectivity index (χ0n) is 9.63.